The van der Waals surface area contributed by atoms with Crippen molar-refractivity contribution in [3.63, 3.8) is 0 Å². The van der Waals surface area contributed by atoms with Crippen molar-refractivity contribution >= 4 is 17.2 Å². The third-order valence-corrected chi connectivity index (χ3v) is 5.29. The second-order valence-electron chi connectivity index (χ2n) is 6.68. The molecule has 0 fully saturated rings. The fourth-order valence-electron chi connectivity index (χ4n) is 3.01. The van der Waals surface area contributed by atoms with Gasteiger partial charge in [0.05, 0.1) is 19.4 Å². The zero-order valence-corrected chi connectivity index (χ0v) is 16.5. The lowest BCUT2D eigenvalue weighted by Crippen LogP contribution is -2.37. The molecule has 1 amide bonds. The van der Waals surface area contributed by atoms with Crippen LogP contribution in [-0.4, -0.2) is 23.9 Å². The number of aryl methyl sites for hydroxylation is 2. The highest BCUT2D eigenvalue weighted by atomic mass is 32.1. The van der Waals surface area contributed by atoms with Gasteiger partial charge in [0.2, 0.25) is 5.91 Å². The number of amides is 1. The first-order valence-electron chi connectivity index (χ1n) is 9.30. The smallest absolute Gasteiger partial charge is 0.234 e. The van der Waals surface area contributed by atoms with E-state index in [0.717, 1.165) is 25.1 Å². The Balaban J connectivity index is 1.47. The molecule has 0 aliphatic heterocycles. The van der Waals surface area contributed by atoms with Gasteiger partial charge in [-0.2, -0.15) is 0 Å². The van der Waals surface area contributed by atoms with E-state index < -0.39 is 0 Å². The summed E-state index contributed by atoms with van der Waals surface area (Å²) in [6.45, 7) is 4.53. The Morgan fingerprint density at radius 1 is 1.07 bits per heavy atom. The maximum atomic E-state index is 12.4. The van der Waals surface area contributed by atoms with Crippen LogP contribution in [-0.2, 0) is 24.3 Å². The van der Waals surface area contributed by atoms with E-state index in [0.29, 0.717) is 19.6 Å². The summed E-state index contributed by atoms with van der Waals surface area (Å²) >= 11 is 1.77. The Hall–Kier alpha value is -2.37. The van der Waals surface area contributed by atoms with Crippen molar-refractivity contribution in [2.45, 2.75) is 32.9 Å². The number of nitrogens with one attached hydrogen (secondary N) is 1. The molecule has 27 heavy (non-hydrogen) atoms. The second kappa shape index (κ2) is 10.1. The molecule has 0 aliphatic carbocycles. The van der Waals surface area contributed by atoms with Crippen molar-refractivity contribution in [1.82, 2.24) is 10.2 Å². The first-order valence-corrected chi connectivity index (χ1v) is 10.1. The van der Waals surface area contributed by atoms with Gasteiger partial charge in [-0.1, -0.05) is 30.3 Å². The van der Waals surface area contributed by atoms with Gasteiger partial charge in [0.1, 0.15) is 5.76 Å². The minimum atomic E-state index is 0.0582. The SMILES string of the molecule is Cc1ccc(CN(CC(=O)NCCCc2ccccc2)Cc2ccco2)s1. The average Bonchev–Trinajstić information content (AvgIpc) is 3.31. The molecule has 0 radical (unpaired) electrons. The lowest BCUT2D eigenvalue weighted by Gasteiger charge is -2.20. The minimum Gasteiger partial charge on any atom is -0.468 e. The van der Waals surface area contributed by atoms with E-state index in [9.17, 15) is 4.79 Å². The standard InChI is InChI=1S/C22H26N2O2S/c1-18-11-12-21(27-18)16-24(15-20-10-6-14-26-20)17-22(25)23-13-5-9-19-7-3-2-4-8-19/h2-4,6-8,10-12,14H,5,9,13,15-17H2,1H3,(H,23,25). The molecule has 1 N–H and O–H groups in total. The number of nitrogens with zero attached hydrogens (tertiary/aromatic N) is 1. The van der Waals surface area contributed by atoms with Gasteiger partial charge < -0.3 is 9.73 Å². The number of carbonyl (C=O) groups is 1. The Morgan fingerprint density at radius 2 is 1.93 bits per heavy atom. The molecule has 5 heteroatoms. The third-order valence-electron chi connectivity index (χ3n) is 4.31. The van der Waals surface area contributed by atoms with E-state index in [2.05, 4.69) is 41.4 Å². The molecule has 0 aliphatic rings. The molecule has 0 saturated carbocycles. The lowest BCUT2D eigenvalue weighted by atomic mass is 10.1. The van der Waals surface area contributed by atoms with Crippen molar-refractivity contribution in [3.8, 4) is 0 Å². The zero-order chi connectivity index (χ0) is 18.9. The van der Waals surface area contributed by atoms with Gasteiger partial charge in [-0.15, -0.1) is 11.3 Å². The van der Waals surface area contributed by atoms with Crippen molar-refractivity contribution in [2.24, 2.45) is 0 Å². The first kappa shape index (κ1) is 19.4. The van der Waals surface area contributed by atoms with Gasteiger partial charge >= 0.3 is 0 Å². The van der Waals surface area contributed by atoms with E-state index in [-0.39, 0.29) is 5.91 Å². The molecule has 0 saturated heterocycles. The topological polar surface area (TPSA) is 45.5 Å². The molecule has 2 aromatic heterocycles. The van der Waals surface area contributed by atoms with Gasteiger partial charge in [-0.3, -0.25) is 9.69 Å². The van der Waals surface area contributed by atoms with E-state index in [1.54, 1.807) is 17.6 Å². The lowest BCUT2D eigenvalue weighted by molar-refractivity contribution is -0.122. The van der Waals surface area contributed by atoms with Gasteiger partial charge in [-0.05, 0) is 49.6 Å². The van der Waals surface area contributed by atoms with Crippen molar-refractivity contribution in [1.29, 1.82) is 0 Å². The van der Waals surface area contributed by atoms with Crippen LogP contribution in [0.5, 0.6) is 0 Å². The predicted octanol–water partition coefficient (Wildman–Crippen LogP) is 4.40. The number of thiophene rings is 1. The van der Waals surface area contributed by atoms with Crippen LogP contribution in [0.4, 0.5) is 0 Å². The van der Waals surface area contributed by atoms with Crippen LogP contribution >= 0.6 is 11.3 Å². The predicted molar refractivity (Wildman–Crippen MR) is 110 cm³/mol. The van der Waals surface area contributed by atoms with Crippen LogP contribution in [0.15, 0.2) is 65.3 Å². The summed E-state index contributed by atoms with van der Waals surface area (Å²) in [5, 5.41) is 3.05. The summed E-state index contributed by atoms with van der Waals surface area (Å²) in [6, 6.07) is 18.4. The fraction of sp³-hybridized carbons (Fsp3) is 0.318. The van der Waals surface area contributed by atoms with Crippen molar-refractivity contribution in [3.05, 3.63) is 81.9 Å². The zero-order valence-electron chi connectivity index (χ0n) is 15.7. The van der Waals surface area contributed by atoms with Crippen molar-refractivity contribution in [2.75, 3.05) is 13.1 Å². The highest BCUT2D eigenvalue weighted by molar-refractivity contribution is 7.11. The largest absolute Gasteiger partial charge is 0.468 e. The van der Waals surface area contributed by atoms with Crippen LogP contribution in [0.1, 0.15) is 27.5 Å². The summed E-state index contributed by atoms with van der Waals surface area (Å²) in [5.74, 6) is 0.933. The number of hydrogen-bond donors (Lipinski definition) is 1. The molecule has 2 heterocycles. The van der Waals surface area contributed by atoms with Crippen LogP contribution in [0, 0.1) is 6.92 Å². The normalized spacial score (nSPS) is 11.0. The molecule has 142 valence electrons. The molecular weight excluding hydrogens is 356 g/mol. The van der Waals surface area contributed by atoms with Gasteiger partial charge in [0.25, 0.3) is 0 Å². The number of benzene rings is 1. The molecule has 1 aromatic carbocycles. The van der Waals surface area contributed by atoms with Crippen LogP contribution in [0.25, 0.3) is 0 Å². The number of rotatable bonds is 10. The quantitative estimate of drug-likeness (QED) is 0.529. The minimum absolute atomic E-state index is 0.0582. The molecular formula is C22H26N2O2S. The number of carbonyl (C=O) groups excluding carboxylic acids is 1. The summed E-state index contributed by atoms with van der Waals surface area (Å²) in [6.07, 6.45) is 3.59. The molecule has 0 atom stereocenters. The van der Waals surface area contributed by atoms with Gasteiger partial charge in [0, 0.05) is 22.8 Å². The fourth-order valence-corrected chi connectivity index (χ4v) is 3.94. The Labute approximate surface area is 164 Å². The Morgan fingerprint density at radius 3 is 2.63 bits per heavy atom. The maximum Gasteiger partial charge on any atom is 0.234 e. The highest BCUT2D eigenvalue weighted by Crippen LogP contribution is 2.18. The monoisotopic (exact) mass is 382 g/mol. The van der Waals surface area contributed by atoms with Crippen LogP contribution in [0.3, 0.4) is 0 Å². The average molecular weight is 383 g/mol. The second-order valence-corrected chi connectivity index (χ2v) is 8.05. The Kier molecular flexibility index (Phi) is 7.25. The molecule has 4 nitrogen and oxygen atoms in total. The molecule has 0 spiro atoms. The summed E-state index contributed by atoms with van der Waals surface area (Å²) in [7, 11) is 0. The summed E-state index contributed by atoms with van der Waals surface area (Å²) in [4.78, 5) is 17.1. The molecule has 0 unspecified atom stereocenters. The van der Waals surface area contributed by atoms with Gasteiger partial charge in [-0.25, -0.2) is 0 Å². The number of furan rings is 1. The number of hydrogen-bond acceptors (Lipinski definition) is 4. The maximum absolute atomic E-state index is 12.4. The van der Waals surface area contributed by atoms with E-state index in [1.807, 2.05) is 30.3 Å². The summed E-state index contributed by atoms with van der Waals surface area (Å²) < 4.78 is 5.47. The molecule has 3 aromatic rings. The van der Waals surface area contributed by atoms with Crippen LogP contribution in [0.2, 0.25) is 0 Å². The van der Waals surface area contributed by atoms with E-state index in [4.69, 9.17) is 4.42 Å². The van der Waals surface area contributed by atoms with Crippen LogP contribution < -0.4 is 5.32 Å². The molecule has 3 rings (SSSR count). The van der Waals surface area contributed by atoms with E-state index >= 15 is 0 Å². The Bertz CT molecular complexity index is 812. The van der Waals surface area contributed by atoms with E-state index in [1.165, 1.54) is 15.3 Å². The summed E-state index contributed by atoms with van der Waals surface area (Å²) in [5.41, 5.74) is 1.30. The third kappa shape index (κ3) is 6.70. The highest BCUT2D eigenvalue weighted by Gasteiger charge is 2.14. The first-order chi connectivity index (χ1) is 13.2. The van der Waals surface area contributed by atoms with Crippen molar-refractivity contribution < 1.29 is 9.21 Å². The molecule has 0 bridgehead atoms. The van der Waals surface area contributed by atoms with Gasteiger partial charge in [0.15, 0.2) is 0 Å².